The predicted octanol–water partition coefficient (Wildman–Crippen LogP) is 2.88. The van der Waals surface area contributed by atoms with Gasteiger partial charge in [0.15, 0.2) is 0 Å². The summed E-state index contributed by atoms with van der Waals surface area (Å²) in [4.78, 5) is 4.02. The Bertz CT molecular complexity index is 251. The molecule has 0 bridgehead atoms. The number of rotatable bonds is 7. The fourth-order valence-corrected chi connectivity index (χ4v) is 1.95. The molecule has 2 nitrogen and oxygen atoms in total. The van der Waals surface area contributed by atoms with E-state index in [0.717, 1.165) is 6.54 Å². The van der Waals surface area contributed by atoms with Crippen LogP contribution in [0, 0.1) is 0 Å². The first-order chi connectivity index (χ1) is 7.34. The van der Waals surface area contributed by atoms with E-state index in [1.54, 1.807) is 0 Å². The molecule has 0 amide bonds. The maximum absolute atomic E-state index is 4.02. The Morgan fingerprint density at radius 2 is 2.07 bits per heavy atom. The highest BCUT2D eigenvalue weighted by atomic mass is 32.2. The molecule has 0 fully saturated rings. The van der Waals surface area contributed by atoms with Crippen LogP contribution < -0.4 is 5.32 Å². The Labute approximate surface area is 96.9 Å². The molecular formula is C12H20N2S. The molecule has 1 heterocycles. The lowest BCUT2D eigenvalue weighted by Crippen LogP contribution is -2.19. The molecule has 0 saturated heterocycles. The molecular weight excluding hydrogens is 204 g/mol. The van der Waals surface area contributed by atoms with Gasteiger partial charge < -0.3 is 5.32 Å². The van der Waals surface area contributed by atoms with Gasteiger partial charge in [0.1, 0.15) is 0 Å². The Balaban J connectivity index is 2.16. The van der Waals surface area contributed by atoms with E-state index in [-0.39, 0.29) is 0 Å². The Morgan fingerprint density at radius 3 is 2.73 bits per heavy atom. The van der Waals surface area contributed by atoms with Gasteiger partial charge in [-0.1, -0.05) is 0 Å². The first-order valence-electron chi connectivity index (χ1n) is 5.47. The molecule has 0 saturated carbocycles. The molecule has 1 aromatic rings. The minimum Gasteiger partial charge on any atom is -0.310 e. The molecule has 1 rings (SSSR count). The summed E-state index contributed by atoms with van der Waals surface area (Å²) >= 11 is 1.92. The average molecular weight is 224 g/mol. The van der Waals surface area contributed by atoms with Crippen molar-refractivity contribution in [2.75, 3.05) is 18.6 Å². The summed E-state index contributed by atoms with van der Waals surface area (Å²) in [7, 11) is 0. The largest absolute Gasteiger partial charge is 0.310 e. The Kier molecular flexibility index (Phi) is 6.44. The molecule has 0 radical (unpaired) electrons. The Morgan fingerprint density at radius 1 is 1.33 bits per heavy atom. The minimum atomic E-state index is 0.433. The summed E-state index contributed by atoms with van der Waals surface area (Å²) in [5, 5.41) is 3.52. The van der Waals surface area contributed by atoms with Crippen LogP contribution >= 0.6 is 11.8 Å². The van der Waals surface area contributed by atoms with E-state index in [0.29, 0.717) is 6.04 Å². The van der Waals surface area contributed by atoms with Crippen LogP contribution in [0.15, 0.2) is 24.5 Å². The van der Waals surface area contributed by atoms with Crippen LogP contribution in [0.25, 0.3) is 0 Å². The van der Waals surface area contributed by atoms with E-state index >= 15 is 0 Å². The lowest BCUT2D eigenvalue weighted by atomic mass is 10.1. The Hall–Kier alpha value is -0.540. The van der Waals surface area contributed by atoms with Gasteiger partial charge in [0.25, 0.3) is 0 Å². The van der Waals surface area contributed by atoms with E-state index in [4.69, 9.17) is 0 Å². The number of pyridine rings is 1. The second kappa shape index (κ2) is 7.71. The van der Waals surface area contributed by atoms with Gasteiger partial charge in [-0.3, -0.25) is 4.98 Å². The number of hydrogen-bond acceptors (Lipinski definition) is 3. The summed E-state index contributed by atoms with van der Waals surface area (Å²) in [6.45, 7) is 3.30. The summed E-state index contributed by atoms with van der Waals surface area (Å²) in [6, 6.07) is 4.57. The number of hydrogen-bond donors (Lipinski definition) is 1. The third-order valence-electron chi connectivity index (χ3n) is 2.43. The molecule has 1 aromatic heterocycles. The zero-order chi connectivity index (χ0) is 10.9. The lowest BCUT2D eigenvalue weighted by molar-refractivity contribution is 0.555. The molecule has 0 aromatic carbocycles. The van der Waals surface area contributed by atoms with Gasteiger partial charge in [0, 0.05) is 18.4 Å². The highest BCUT2D eigenvalue weighted by Crippen LogP contribution is 2.10. The quantitative estimate of drug-likeness (QED) is 0.721. The van der Waals surface area contributed by atoms with Crippen molar-refractivity contribution < 1.29 is 0 Å². The summed E-state index contributed by atoms with van der Waals surface area (Å²) in [5.41, 5.74) is 1.31. The number of nitrogens with one attached hydrogen (secondary N) is 1. The van der Waals surface area contributed by atoms with Gasteiger partial charge in [-0.2, -0.15) is 11.8 Å². The third kappa shape index (κ3) is 5.19. The van der Waals surface area contributed by atoms with Crippen LogP contribution in [0.5, 0.6) is 0 Å². The predicted molar refractivity (Wildman–Crippen MR) is 68.3 cm³/mol. The van der Waals surface area contributed by atoms with Crippen LogP contribution in [0.4, 0.5) is 0 Å². The van der Waals surface area contributed by atoms with Gasteiger partial charge in [-0.25, -0.2) is 0 Å². The van der Waals surface area contributed by atoms with Crippen molar-refractivity contribution in [1.29, 1.82) is 0 Å². The fraction of sp³-hybridized carbons (Fsp3) is 0.583. The maximum atomic E-state index is 4.02. The van der Waals surface area contributed by atoms with Gasteiger partial charge in [-0.15, -0.1) is 0 Å². The van der Waals surface area contributed by atoms with Crippen LogP contribution in [-0.4, -0.2) is 23.5 Å². The minimum absolute atomic E-state index is 0.433. The van der Waals surface area contributed by atoms with Gasteiger partial charge in [0.05, 0.1) is 0 Å². The van der Waals surface area contributed by atoms with Gasteiger partial charge in [-0.05, 0) is 56.0 Å². The van der Waals surface area contributed by atoms with Crippen molar-refractivity contribution in [3.8, 4) is 0 Å². The van der Waals surface area contributed by atoms with Crippen LogP contribution in [0.3, 0.4) is 0 Å². The molecule has 0 spiro atoms. The van der Waals surface area contributed by atoms with Crippen LogP contribution in [0.1, 0.15) is 31.4 Å². The topological polar surface area (TPSA) is 24.9 Å². The number of nitrogens with zero attached hydrogens (tertiary/aromatic N) is 1. The molecule has 84 valence electrons. The highest BCUT2D eigenvalue weighted by molar-refractivity contribution is 7.98. The number of thioether (sulfide) groups is 1. The average Bonchev–Trinajstić information content (AvgIpc) is 2.30. The van der Waals surface area contributed by atoms with Gasteiger partial charge >= 0.3 is 0 Å². The zero-order valence-corrected chi connectivity index (χ0v) is 10.4. The molecule has 15 heavy (non-hydrogen) atoms. The standard InChI is InChI=1S/C12H20N2S/c1-11(12-5-8-13-9-6-12)14-7-3-4-10-15-2/h5-6,8-9,11,14H,3-4,7,10H2,1-2H3/t11-/m1/s1. The van der Waals surface area contributed by atoms with Crippen molar-refractivity contribution >= 4 is 11.8 Å². The fourth-order valence-electron chi connectivity index (χ4n) is 1.46. The van der Waals surface area contributed by atoms with Gasteiger partial charge in [0.2, 0.25) is 0 Å². The van der Waals surface area contributed by atoms with Crippen LogP contribution in [-0.2, 0) is 0 Å². The molecule has 0 aliphatic heterocycles. The monoisotopic (exact) mass is 224 g/mol. The lowest BCUT2D eigenvalue weighted by Gasteiger charge is -2.13. The second-order valence-electron chi connectivity index (χ2n) is 3.66. The van der Waals surface area contributed by atoms with Crippen molar-refractivity contribution in [3.05, 3.63) is 30.1 Å². The van der Waals surface area contributed by atoms with E-state index in [2.05, 4.69) is 35.6 Å². The molecule has 1 N–H and O–H groups in total. The molecule has 0 aliphatic carbocycles. The molecule has 3 heteroatoms. The third-order valence-corrected chi connectivity index (χ3v) is 3.13. The SMILES string of the molecule is CSCCCCN[C@H](C)c1ccncc1. The van der Waals surface area contributed by atoms with E-state index in [1.165, 1.54) is 24.2 Å². The second-order valence-corrected chi connectivity index (χ2v) is 4.64. The van der Waals surface area contributed by atoms with Crippen molar-refractivity contribution in [1.82, 2.24) is 10.3 Å². The first-order valence-corrected chi connectivity index (χ1v) is 6.86. The zero-order valence-electron chi connectivity index (χ0n) is 9.57. The molecule has 1 atom stereocenters. The van der Waals surface area contributed by atoms with E-state index in [9.17, 15) is 0 Å². The summed E-state index contributed by atoms with van der Waals surface area (Å²) in [6.07, 6.45) is 8.42. The normalized spacial score (nSPS) is 12.7. The van der Waals surface area contributed by atoms with Crippen LogP contribution in [0.2, 0.25) is 0 Å². The smallest absolute Gasteiger partial charge is 0.0292 e. The number of aromatic nitrogens is 1. The summed E-state index contributed by atoms with van der Waals surface area (Å²) in [5.74, 6) is 1.27. The van der Waals surface area contributed by atoms with E-state index in [1.807, 2.05) is 24.2 Å². The first kappa shape index (κ1) is 12.5. The van der Waals surface area contributed by atoms with Crippen molar-refractivity contribution in [2.45, 2.75) is 25.8 Å². The van der Waals surface area contributed by atoms with E-state index < -0.39 is 0 Å². The number of unbranched alkanes of at least 4 members (excludes halogenated alkanes) is 1. The van der Waals surface area contributed by atoms with Crippen molar-refractivity contribution in [2.24, 2.45) is 0 Å². The molecule has 0 aliphatic rings. The highest BCUT2D eigenvalue weighted by Gasteiger charge is 2.02. The van der Waals surface area contributed by atoms with Crippen molar-refractivity contribution in [3.63, 3.8) is 0 Å². The molecule has 0 unspecified atom stereocenters. The summed E-state index contributed by atoms with van der Waals surface area (Å²) < 4.78 is 0. The maximum Gasteiger partial charge on any atom is 0.0292 e.